The zero-order chi connectivity index (χ0) is 13.4. The molecular weight excluding hydrogens is 242 g/mol. The molecule has 102 valence electrons. The molecule has 3 rings (SSSR count). The van der Waals surface area contributed by atoms with Crippen LogP contribution in [-0.4, -0.2) is 21.9 Å². The molecule has 2 fully saturated rings. The lowest BCUT2D eigenvalue weighted by Gasteiger charge is -2.17. The van der Waals surface area contributed by atoms with Crippen molar-refractivity contribution < 1.29 is 4.79 Å². The summed E-state index contributed by atoms with van der Waals surface area (Å²) in [6.07, 6.45) is 4.94. The molecule has 0 atom stereocenters. The van der Waals surface area contributed by atoms with Crippen LogP contribution in [0, 0.1) is 18.8 Å². The van der Waals surface area contributed by atoms with Gasteiger partial charge < -0.3 is 5.32 Å². The van der Waals surface area contributed by atoms with Crippen LogP contribution in [0.5, 0.6) is 0 Å². The van der Waals surface area contributed by atoms with Gasteiger partial charge in [-0.25, -0.2) is 15.8 Å². The van der Waals surface area contributed by atoms with Gasteiger partial charge in [-0.15, -0.1) is 0 Å². The van der Waals surface area contributed by atoms with Gasteiger partial charge >= 0.3 is 0 Å². The number of hydrazine groups is 1. The van der Waals surface area contributed by atoms with Crippen LogP contribution in [0.3, 0.4) is 0 Å². The fourth-order valence-corrected chi connectivity index (χ4v) is 2.51. The summed E-state index contributed by atoms with van der Waals surface area (Å²) in [4.78, 5) is 20.5. The number of nitrogens with two attached hydrogens (primary N) is 1. The summed E-state index contributed by atoms with van der Waals surface area (Å²) in [6, 6.07) is 2.02. The van der Waals surface area contributed by atoms with E-state index in [9.17, 15) is 4.79 Å². The van der Waals surface area contributed by atoms with Crippen LogP contribution < -0.4 is 16.6 Å². The highest BCUT2D eigenvalue weighted by Crippen LogP contribution is 2.44. The third kappa shape index (κ3) is 2.84. The van der Waals surface area contributed by atoms with E-state index < -0.39 is 0 Å². The SMILES string of the molecule is Cc1cc(C(=O)NC(C2CC2)C2CC2)nc(NN)n1. The lowest BCUT2D eigenvalue weighted by molar-refractivity contribution is 0.0921. The van der Waals surface area contributed by atoms with Gasteiger partial charge in [0.05, 0.1) is 0 Å². The third-order valence-corrected chi connectivity index (χ3v) is 3.77. The number of nitrogens with one attached hydrogen (secondary N) is 2. The number of nitrogen functional groups attached to an aromatic ring is 1. The molecule has 4 N–H and O–H groups in total. The van der Waals surface area contributed by atoms with E-state index in [1.807, 2.05) is 6.92 Å². The molecule has 0 aliphatic heterocycles. The summed E-state index contributed by atoms with van der Waals surface area (Å²) in [5, 5.41) is 3.14. The van der Waals surface area contributed by atoms with Crippen molar-refractivity contribution in [2.45, 2.75) is 38.6 Å². The highest BCUT2D eigenvalue weighted by Gasteiger charge is 2.42. The van der Waals surface area contributed by atoms with Crippen molar-refractivity contribution in [3.63, 3.8) is 0 Å². The number of nitrogens with zero attached hydrogens (tertiary/aromatic N) is 2. The van der Waals surface area contributed by atoms with Crippen molar-refractivity contribution in [1.29, 1.82) is 0 Å². The topological polar surface area (TPSA) is 92.9 Å². The van der Waals surface area contributed by atoms with Gasteiger partial charge in [0.15, 0.2) is 0 Å². The molecule has 2 aliphatic carbocycles. The second-order valence-corrected chi connectivity index (χ2v) is 5.54. The summed E-state index contributed by atoms with van der Waals surface area (Å²) in [6.45, 7) is 1.82. The largest absolute Gasteiger partial charge is 0.347 e. The highest BCUT2D eigenvalue weighted by atomic mass is 16.2. The number of amides is 1. The Morgan fingerprint density at radius 2 is 1.95 bits per heavy atom. The molecule has 2 aliphatic rings. The smallest absolute Gasteiger partial charge is 0.270 e. The van der Waals surface area contributed by atoms with E-state index in [0.29, 0.717) is 23.6 Å². The Morgan fingerprint density at radius 3 is 2.47 bits per heavy atom. The number of carbonyl (C=O) groups is 1. The lowest BCUT2D eigenvalue weighted by atomic mass is 10.1. The van der Waals surface area contributed by atoms with E-state index in [0.717, 1.165) is 5.69 Å². The van der Waals surface area contributed by atoms with Gasteiger partial charge in [-0.3, -0.25) is 10.2 Å². The molecule has 2 saturated carbocycles. The van der Waals surface area contributed by atoms with Gasteiger partial charge in [-0.1, -0.05) is 0 Å². The van der Waals surface area contributed by atoms with Crippen molar-refractivity contribution in [2.24, 2.45) is 17.7 Å². The maximum Gasteiger partial charge on any atom is 0.270 e. The number of hydrogen-bond acceptors (Lipinski definition) is 5. The monoisotopic (exact) mass is 261 g/mol. The molecule has 1 heterocycles. The number of hydrogen-bond donors (Lipinski definition) is 3. The van der Waals surface area contributed by atoms with Gasteiger partial charge in [-0.2, -0.15) is 0 Å². The second-order valence-electron chi connectivity index (χ2n) is 5.54. The highest BCUT2D eigenvalue weighted by molar-refractivity contribution is 5.92. The minimum Gasteiger partial charge on any atom is -0.347 e. The van der Waals surface area contributed by atoms with Gasteiger partial charge in [0, 0.05) is 11.7 Å². The maximum atomic E-state index is 12.3. The Kier molecular flexibility index (Phi) is 3.10. The average Bonchev–Trinajstić information content (AvgIpc) is 3.28. The zero-order valence-electron chi connectivity index (χ0n) is 11.0. The molecule has 0 bridgehead atoms. The van der Waals surface area contributed by atoms with E-state index >= 15 is 0 Å². The minimum atomic E-state index is -0.120. The molecular formula is C13H19N5O. The molecule has 0 radical (unpaired) electrons. The standard InChI is InChI=1S/C13H19N5O/c1-7-6-10(16-13(15-7)18-14)12(19)17-11(8-2-3-8)9-4-5-9/h6,8-9,11H,2-5,14H2,1H3,(H,17,19)(H,15,16,18). The average molecular weight is 261 g/mol. The summed E-state index contributed by atoms with van der Waals surface area (Å²) in [5.41, 5.74) is 3.49. The molecule has 6 nitrogen and oxygen atoms in total. The lowest BCUT2D eigenvalue weighted by Crippen LogP contribution is -2.38. The Bertz CT molecular complexity index is 484. The van der Waals surface area contributed by atoms with E-state index in [1.165, 1.54) is 25.7 Å². The Labute approximate surface area is 112 Å². The first-order valence-corrected chi connectivity index (χ1v) is 6.80. The van der Waals surface area contributed by atoms with Crippen LogP contribution in [0.2, 0.25) is 0 Å². The Balaban J connectivity index is 1.73. The fraction of sp³-hybridized carbons (Fsp3) is 0.615. The van der Waals surface area contributed by atoms with E-state index in [1.54, 1.807) is 6.07 Å². The van der Waals surface area contributed by atoms with Crippen LogP contribution in [0.1, 0.15) is 41.9 Å². The Hall–Kier alpha value is -1.69. The van der Waals surface area contributed by atoms with E-state index in [2.05, 4.69) is 20.7 Å². The molecule has 0 unspecified atom stereocenters. The predicted octanol–water partition coefficient (Wildman–Crippen LogP) is 0.989. The summed E-state index contributed by atoms with van der Waals surface area (Å²) in [5.74, 6) is 6.80. The summed E-state index contributed by atoms with van der Waals surface area (Å²) >= 11 is 0. The second kappa shape index (κ2) is 4.77. The van der Waals surface area contributed by atoms with Gasteiger partial charge in [0.1, 0.15) is 5.69 Å². The first-order chi connectivity index (χ1) is 9.17. The minimum absolute atomic E-state index is 0.120. The van der Waals surface area contributed by atoms with Crippen LogP contribution in [0.25, 0.3) is 0 Å². The quantitative estimate of drug-likeness (QED) is 0.543. The van der Waals surface area contributed by atoms with Crippen molar-refractivity contribution in [3.8, 4) is 0 Å². The molecule has 6 heteroatoms. The van der Waals surface area contributed by atoms with Gasteiger partial charge in [0.2, 0.25) is 5.95 Å². The number of aromatic nitrogens is 2. The van der Waals surface area contributed by atoms with Gasteiger partial charge in [-0.05, 0) is 50.5 Å². The number of rotatable bonds is 5. The van der Waals surface area contributed by atoms with Crippen molar-refractivity contribution >= 4 is 11.9 Å². The number of anilines is 1. The predicted molar refractivity (Wildman–Crippen MR) is 71.3 cm³/mol. The molecule has 1 amide bonds. The molecule has 0 aromatic carbocycles. The first-order valence-electron chi connectivity index (χ1n) is 6.80. The van der Waals surface area contributed by atoms with E-state index in [4.69, 9.17) is 5.84 Å². The normalized spacial score (nSPS) is 18.5. The van der Waals surface area contributed by atoms with Crippen molar-refractivity contribution in [1.82, 2.24) is 15.3 Å². The van der Waals surface area contributed by atoms with Crippen LogP contribution >= 0.6 is 0 Å². The van der Waals surface area contributed by atoms with Crippen molar-refractivity contribution in [2.75, 3.05) is 5.43 Å². The van der Waals surface area contributed by atoms with Crippen LogP contribution in [0.15, 0.2) is 6.07 Å². The Morgan fingerprint density at radius 1 is 1.32 bits per heavy atom. The first kappa shape index (κ1) is 12.3. The van der Waals surface area contributed by atoms with Crippen LogP contribution in [-0.2, 0) is 0 Å². The third-order valence-electron chi connectivity index (χ3n) is 3.77. The molecule has 0 saturated heterocycles. The molecule has 1 aromatic heterocycles. The van der Waals surface area contributed by atoms with Gasteiger partial charge in [0.25, 0.3) is 5.91 Å². The number of aryl methyl sites for hydroxylation is 1. The van der Waals surface area contributed by atoms with Crippen LogP contribution in [0.4, 0.5) is 5.95 Å². The molecule has 19 heavy (non-hydrogen) atoms. The zero-order valence-corrected chi connectivity index (χ0v) is 11.0. The maximum absolute atomic E-state index is 12.3. The summed E-state index contributed by atoms with van der Waals surface area (Å²) in [7, 11) is 0. The number of carbonyl (C=O) groups excluding carboxylic acids is 1. The molecule has 0 spiro atoms. The summed E-state index contributed by atoms with van der Waals surface area (Å²) < 4.78 is 0. The van der Waals surface area contributed by atoms with Crippen molar-refractivity contribution in [3.05, 3.63) is 17.5 Å². The molecule has 1 aromatic rings. The fourth-order valence-electron chi connectivity index (χ4n) is 2.51. The van der Waals surface area contributed by atoms with E-state index in [-0.39, 0.29) is 11.9 Å².